The number of hydrogen-bond donors (Lipinski definition) is 2. The van der Waals surface area contributed by atoms with Gasteiger partial charge in [0.2, 0.25) is 0 Å². The number of nitrogens with two attached hydrogens (primary N) is 2. The van der Waals surface area contributed by atoms with Crippen LogP contribution in [-0.4, -0.2) is 20.3 Å². The molecule has 1 amide bonds. The molecule has 0 saturated carbocycles. The Kier molecular flexibility index (Phi) is 3.15. The van der Waals surface area contributed by atoms with E-state index < -0.39 is 15.7 Å². The van der Waals surface area contributed by atoms with Crippen LogP contribution in [0.5, 0.6) is 0 Å². The fraction of sp³-hybridized carbons (Fsp3) is 0.167. The number of guanidine groups is 1. The molecule has 1 aromatic carbocycles. The van der Waals surface area contributed by atoms with Crippen LogP contribution in [0.1, 0.15) is 22.8 Å². The van der Waals surface area contributed by atoms with Crippen molar-refractivity contribution in [2.24, 2.45) is 16.5 Å². The Labute approximate surface area is 110 Å². The first-order valence-electron chi connectivity index (χ1n) is 5.49. The van der Waals surface area contributed by atoms with Crippen LogP contribution in [0.4, 0.5) is 0 Å². The number of fused-ring (bicyclic) bond motifs is 1. The number of amides is 1. The van der Waals surface area contributed by atoms with Gasteiger partial charge in [-0.1, -0.05) is 11.6 Å². The Morgan fingerprint density at radius 3 is 2.63 bits per heavy atom. The van der Waals surface area contributed by atoms with Crippen molar-refractivity contribution in [1.82, 2.24) is 0 Å². The van der Waals surface area contributed by atoms with Crippen LogP contribution in [0, 0.1) is 0 Å². The first-order valence-corrected chi connectivity index (χ1v) is 7.03. The molecule has 0 aromatic heterocycles. The first kappa shape index (κ1) is 13.3. The number of carbonyl (C=O) groups is 1. The number of carbonyl (C=O) groups excluding carboxylic acids is 1. The lowest BCUT2D eigenvalue weighted by molar-refractivity contribution is 0.100. The maximum absolute atomic E-state index is 12.0. The number of aliphatic imine (C=N–C) groups is 1. The highest BCUT2D eigenvalue weighted by atomic mass is 32.2. The van der Waals surface area contributed by atoms with Gasteiger partial charge in [-0.3, -0.25) is 4.79 Å². The molecule has 0 atom stereocenters. The third-order valence-electron chi connectivity index (χ3n) is 2.68. The van der Waals surface area contributed by atoms with E-state index in [1.165, 1.54) is 17.5 Å². The molecule has 100 valence electrons. The Hall–Kier alpha value is -2.15. The molecule has 0 unspecified atom stereocenters. The minimum Gasteiger partial charge on any atom is -0.370 e. The van der Waals surface area contributed by atoms with Crippen molar-refractivity contribution in [2.75, 3.05) is 0 Å². The van der Waals surface area contributed by atoms with E-state index in [0.717, 1.165) is 5.57 Å². The zero-order chi connectivity index (χ0) is 14.2. The minimum atomic E-state index is -3.50. The second kappa shape index (κ2) is 4.51. The maximum Gasteiger partial charge on any atom is 0.280 e. The van der Waals surface area contributed by atoms with Gasteiger partial charge in [0.25, 0.3) is 5.91 Å². The van der Waals surface area contributed by atoms with Gasteiger partial charge in [0.05, 0.1) is 4.90 Å². The number of allylic oxidation sites excluding steroid dienone is 1. The fourth-order valence-electron chi connectivity index (χ4n) is 1.95. The average Bonchev–Trinajstić information content (AvgIpc) is 2.26. The summed E-state index contributed by atoms with van der Waals surface area (Å²) in [4.78, 5) is 15.2. The van der Waals surface area contributed by atoms with Gasteiger partial charge in [-0.05, 0) is 31.0 Å². The zero-order valence-corrected chi connectivity index (χ0v) is 11.1. The lowest BCUT2D eigenvalue weighted by Gasteiger charge is -2.15. The molecule has 0 bridgehead atoms. The highest BCUT2D eigenvalue weighted by Gasteiger charge is 2.23. The van der Waals surface area contributed by atoms with E-state index in [0.29, 0.717) is 12.0 Å². The molecule has 2 rings (SSSR count). The van der Waals surface area contributed by atoms with Crippen molar-refractivity contribution in [3.05, 3.63) is 40.3 Å². The van der Waals surface area contributed by atoms with Gasteiger partial charge in [-0.15, -0.1) is 0 Å². The van der Waals surface area contributed by atoms with Crippen LogP contribution in [0.3, 0.4) is 0 Å². The molecule has 6 nitrogen and oxygen atoms in total. The highest BCUT2D eigenvalue weighted by Crippen LogP contribution is 2.28. The third kappa shape index (κ3) is 2.65. The molecule has 19 heavy (non-hydrogen) atoms. The third-order valence-corrected chi connectivity index (χ3v) is 4.38. The van der Waals surface area contributed by atoms with E-state index in [1.54, 1.807) is 13.0 Å². The van der Waals surface area contributed by atoms with E-state index in [1.807, 2.05) is 0 Å². The first-order chi connectivity index (χ1) is 8.79. The molecule has 1 heterocycles. The van der Waals surface area contributed by atoms with E-state index in [4.69, 9.17) is 11.5 Å². The van der Waals surface area contributed by atoms with Crippen molar-refractivity contribution >= 4 is 21.7 Å². The summed E-state index contributed by atoms with van der Waals surface area (Å²) in [5.74, 6) is -1.02. The Balaban J connectivity index is 2.54. The highest BCUT2D eigenvalue weighted by molar-refractivity contribution is 7.94. The standard InChI is InChI=1S/C12H13N3O3S/c1-7-4-8-2-3-9(11(16)15-12(13)14)5-10(8)19(17,18)6-7/h2-3,5-6H,4H2,1H3,(H4,13,14,15,16). The molecule has 0 saturated heterocycles. The number of nitrogens with zero attached hydrogens (tertiary/aromatic N) is 1. The van der Waals surface area contributed by atoms with Crippen molar-refractivity contribution < 1.29 is 13.2 Å². The van der Waals surface area contributed by atoms with Crippen molar-refractivity contribution in [3.8, 4) is 0 Å². The summed E-state index contributed by atoms with van der Waals surface area (Å²) >= 11 is 0. The summed E-state index contributed by atoms with van der Waals surface area (Å²) in [7, 11) is -3.50. The molecular formula is C12H13N3O3S. The molecule has 7 heteroatoms. The molecule has 0 aliphatic carbocycles. The van der Waals surface area contributed by atoms with Gasteiger partial charge in [-0.25, -0.2) is 8.42 Å². The molecule has 4 N–H and O–H groups in total. The molecule has 0 spiro atoms. The van der Waals surface area contributed by atoms with Crippen molar-refractivity contribution in [3.63, 3.8) is 0 Å². The monoisotopic (exact) mass is 279 g/mol. The van der Waals surface area contributed by atoms with Crippen LogP contribution >= 0.6 is 0 Å². The maximum atomic E-state index is 12.0. The summed E-state index contributed by atoms with van der Waals surface area (Å²) in [6.45, 7) is 1.75. The van der Waals surface area contributed by atoms with Crippen molar-refractivity contribution in [1.29, 1.82) is 0 Å². The van der Waals surface area contributed by atoms with E-state index in [9.17, 15) is 13.2 Å². The van der Waals surface area contributed by atoms with Gasteiger partial charge in [-0.2, -0.15) is 4.99 Å². The van der Waals surface area contributed by atoms with E-state index in [2.05, 4.69) is 4.99 Å². The van der Waals surface area contributed by atoms with Gasteiger partial charge in [0.1, 0.15) is 0 Å². The predicted octanol–water partition coefficient (Wildman–Crippen LogP) is 0.334. The molecule has 0 radical (unpaired) electrons. The summed E-state index contributed by atoms with van der Waals surface area (Å²) in [5.41, 5.74) is 11.8. The van der Waals surface area contributed by atoms with Gasteiger partial charge < -0.3 is 11.5 Å². The number of rotatable bonds is 1. The summed E-state index contributed by atoms with van der Waals surface area (Å²) in [5, 5.41) is 1.21. The number of benzene rings is 1. The largest absolute Gasteiger partial charge is 0.370 e. The Morgan fingerprint density at radius 2 is 2.00 bits per heavy atom. The SMILES string of the molecule is CC1=CS(=O)(=O)c2cc(C(=O)N=C(N)N)ccc2C1. The van der Waals surface area contributed by atoms with Gasteiger partial charge >= 0.3 is 0 Å². The van der Waals surface area contributed by atoms with Crippen molar-refractivity contribution in [2.45, 2.75) is 18.2 Å². The summed E-state index contributed by atoms with van der Waals surface area (Å²) in [6.07, 6.45) is 0.547. The average molecular weight is 279 g/mol. The quantitative estimate of drug-likeness (QED) is 0.568. The number of sulfone groups is 1. The van der Waals surface area contributed by atoms with Crippen LogP contribution in [0.25, 0.3) is 0 Å². The molecule has 0 fully saturated rings. The van der Waals surface area contributed by atoms with E-state index >= 15 is 0 Å². The van der Waals surface area contributed by atoms with Gasteiger partial charge in [0.15, 0.2) is 15.8 Å². The molecule has 1 aromatic rings. The predicted molar refractivity (Wildman–Crippen MR) is 71.2 cm³/mol. The summed E-state index contributed by atoms with van der Waals surface area (Å²) < 4.78 is 24.0. The summed E-state index contributed by atoms with van der Waals surface area (Å²) in [6, 6.07) is 4.43. The van der Waals surface area contributed by atoms with Crippen LogP contribution in [0.2, 0.25) is 0 Å². The lowest BCUT2D eigenvalue weighted by Crippen LogP contribution is -2.24. The normalized spacial score (nSPS) is 16.2. The number of hydrogen-bond acceptors (Lipinski definition) is 3. The van der Waals surface area contributed by atoms with E-state index in [-0.39, 0.29) is 16.4 Å². The minimum absolute atomic E-state index is 0.134. The molecular weight excluding hydrogens is 266 g/mol. The molecule has 1 aliphatic rings. The molecule has 1 aliphatic heterocycles. The Morgan fingerprint density at radius 1 is 1.32 bits per heavy atom. The Bertz CT molecular complexity index is 714. The lowest BCUT2D eigenvalue weighted by atomic mass is 10.0. The second-order valence-corrected chi connectivity index (χ2v) is 6.12. The smallest absolute Gasteiger partial charge is 0.280 e. The van der Waals surface area contributed by atoms with Crippen LogP contribution in [-0.2, 0) is 16.3 Å². The van der Waals surface area contributed by atoms with Crippen LogP contribution < -0.4 is 11.5 Å². The van der Waals surface area contributed by atoms with Crippen LogP contribution in [0.15, 0.2) is 39.1 Å². The topological polar surface area (TPSA) is 116 Å². The van der Waals surface area contributed by atoms with Gasteiger partial charge in [0, 0.05) is 11.0 Å². The second-order valence-electron chi connectivity index (χ2n) is 4.35. The zero-order valence-electron chi connectivity index (χ0n) is 10.3. The fourth-order valence-corrected chi connectivity index (χ4v) is 3.49.